The van der Waals surface area contributed by atoms with Crippen molar-refractivity contribution in [2.24, 2.45) is 15.7 Å². The van der Waals surface area contributed by atoms with E-state index in [9.17, 15) is 0 Å². The molecular weight excluding hydrogens is 210 g/mol. The minimum absolute atomic E-state index is 0.224. The van der Waals surface area contributed by atoms with E-state index in [1.165, 1.54) is 11.8 Å². The van der Waals surface area contributed by atoms with Gasteiger partial charge in [-0.05, 0) is 20.1 Å². The Morgan fingerprint density at radius 2 is 2.27 bits per heavy atom. The summed E-state index contributed by atoms with van der Waals surface area (Å²) in [4.78, 5) is 8.76. The second-order valence-electron chi connectivity index (χ2n) is 3.72. The molecule has 1 atom stereocenters. The number of guanidine groups is 1. The standard InChI is InChI=1S/C9H19N5S/c1-5-9(10)13-7(11-6(2)3)12-8(14-9)15-4/h6H,5,10H2,1-4H3,(H2,11,12,13,14). The Bertz CT molecular complexity index is 286. The van der Waals surface area contributed by atoms with E-state index in [4.69, 9.17) is 5.73 Å². The van der Waals surface area contributed by atoms with Crippen molar-refractivity contribution in [3.63, 3.8) is 0 Å². The predicted molar refractivity (Wildman–Crippen MR) is 67.0 cm³/mol. The van der Waals surface area contributed by atoms with Gasteiger partial charge in [-0.25, -0.2) is 4.99 Å². The lowest BCUT2D eigenvalue weighted by atomic mass is 10.3. The lowest BCUT2D eigenvalue weighted by molar-refractivity contribution is 0.387. The van der Waals surface area contributed by atoms with Gasteiger partial charge in [0.2, 0.25) is 5.96 Å². The molecule has 0 amide bonds. The summed E-state index contributed by atoms with van der Waals surface area (Å²) in [6.07, 6.45) is 2.68. The molecular formula is C9H19N5S. The highest BCUT2D eigenvalue weighted by Crippen LogP contribution is 2.11. The number of hydrogen-bond donors (Lipinski definition) is 3. The van der Waals surface area contributed by atoms with Gasteiger partial charge in [-0.2, -0.15) is 0 Å². The zero-order chi connectivity index (χ0) is 11.5. The van der Waals surface area contributed by atoms with Crippen LogP contribution < -0.4 is 16.4 Å². The molecule has 0 saturated heterocycles. The van der Waals surface area contributed by atoms with Crippen molar-refractivity contribution in [2.75, 3.05) is 6.26 Å². The number of hydrogen-bond acceptors (Lipinski definition) is 4. The molecule has 5 nitrogen and oxygen atoms in total. The van der Waals surface area contributed by atoms with Gasteiger partial charge in [0.25, 0.3) is 0 Å². The first-order valence-corrected chi connectivity index (χ1v) is 6.27. The summed E-state index contributed by atoms with van der Waals surface area (Å²) in [6.45, 7) is 6.03. The van der Waals surface area contributed by atoms with Crippen molar-refractivity contribution in [1.82, 2.24) is 10.6 Å². The molecule has 0 aromatic rings. The van der Waals surface area contributed by atoms with Gasteiger partial charge in [0, 0.05) is 12.5 Å². The minimum Gasteiger partial charge on any atom is -0.319 e. The molecule has 1 unspecified atom stereocenters. The third kappa shape index (κ3) is 3.39. The molecule has 0 aromatic carbocycles. The third-order valence-corrected chi connectivity index (χ3v) is 2.56. The second kappa shape index (κ2) is 4.85. The summed E-state index contributed by atoms with van der Waals surface area (Å²) >= 11 is 1.53. The molecule has 86 valence electrons. The van der Waals surface area contributed by atoms with E-state index in [0.29, 0.717) is 5.96 Å². The van der Waals surface area contributed by atoms with Gasteiger partial charge in [0.05, 0.1) is 0 Å². The van der Waals surface area contributed by atoms with Crippen LogP contribution >= 0.6 is 11.8 Å². The molecule has 0 aliphatic carbocycles. The number of nitrogens with zero attached hydrogens (tertiary/aromatic N) is 2. The molecule has 0 radical (unpaired) electrons. The Kier molecular flexibility index (Phi) is 3.98. The highest BCUT2D eigenvalue weighted by molar-refractivity contribution is 8.13. The summed E-state index contributed by atoms with van der Waals surface area (Å²) < 4.78 is 0. The monoisotopic (exact) mass is 229 g/mol. The van der Waals surface area contributed by atoms with Crippen molar-refractivity contribution >= 4 is 22.9 Å². The molecule has 1 rings (SSSR count). The summed E-state index contributed by atoms with van der Waals surface area (Å²) in [5.41, 5.74) is 6.06. The van der Waals surface area contributed by atoms with Gasteiger partial charge in [-0.1, -0.05) is 18.7 Å². The van der Waals surface area contributed by atoms with E-state index in [1.54, 1.807) is 0 Å². The Morgan fingerprint density at radius 1 is 1.60 bits per heavy atom. The second-order valence-corrected chi connectivity index (χ2v) is 4.52. The Labute approximate surface area is 95.0 Å². The maximum atomic E-state index is 6.06. The van der Waals surface area contributed by atoms with E-state index in [1.807, 2.05) is 27.0 Å². The average Bonchev–Trinajstić information content (AvgIpc) is 2.16. The van der Waals surface area contributed by atoms with Gasteiger partial charge >= 0.3 is 0 Å². The van der Waals surface area contributed by atoms with Crippen LogP contribution in [0.1, 0.15) is 27.2 Å². The van der Waals surface area contributed by atoms with E-state index in [0.717, 1.165) is 11.6 Å². The molecule has 0 spiro atoms. The molecule has 0 bridgehead atoms. The van der Waals surface area contributed by atoms with Crippen molar-refractivity contribution in [3.8, 4) is 0 Å². The first-order valence-electron chi connectivity index (χ1n) is 5.05. The number of rotatable bonds is 2. The van der Waals surface area contributed by atoms with Crippen molar-refractivity contribution in [1.29, 1.82) is 0 Å². The summed E-state index contributed by atoms with van der Waals surface area (Å²) in [6, 6.07) is 0.224. The third-order valence-electron chi connectivity index (χ3n) is 1.98. The van der Waals surface area contributed by atoms with E-state index in [2.05, 4.69) is 20.6 Å². The lowest BCUT2D eigenvalue weighted by Gasteiger charge is -2.32. The van der Waals surface area contributed by atoms with Crippen LogP contribution in [0.5, 0.6) is 0 Å². The molecule has 0 aromatic heterocycles. The summed E-state index contributed by atoms with van der Waals surface area (Å²) in [7, 11) is 0. The van der Waals surface area contributed by atoms with Gasteiger partial charge in [0.1, 0.15) is 0 Å². The van der Waals surface area contributed by atoms with Crippen LogP contribution in [0.2, 0.25) is 0 Å². The lowest BCUT2D eigenvalue weighted by Crippen LogP contribution is -2.62. The van der Waals surface area contributed by atoms with Gasteiger partial charge in [-0.3, -0.25) is 10.7 Å². The number of amidine groups is 1. The maximum Gasteiger partial charge on any atom is 0.200 e. The fourth-order valence-electron chi connectivity index (χ4n) is 1.16. The Hall–Kier alpha value is -0.750. The first kappa shape index (κ1) is 12.3. The molecule has 1 heterocycles. The molecule has 0 saturated carbocycles. The SMILES string of the molecule is CCC1(N)N=C(SC)NC(=NC(C)C)N1. The van der Waals surface area contributed by atoms with Crippen LogP contribution in [-0.2, 0) is 0 Å². The number of thioether (sulfide) groups is 1. The molecule has 0 fully saturated rings. The predicted octanol–water partition coefficient (Wildman–Crippen LogP) is 0.685. The van der Waals surface area contributed by atoms with Gasteiger partial charge < -0.3 is 10.6 Å². The zero-order valence-electron chi connectivity index (χ0n) is 9.66. The van der Waals surface area contributed by atoms with E-state index in [-0.39, 0.29) is 6.04 Å². The van der Waals surface area contributed by atoms with Crippen molar-refractivity contribution < 1.29 is 0 Å². The molecule has 1 aliphatic heterocycles. The number of nitrogens with one attached hydrogen (secondary N) is 2. The first-order chi connectivity index (χ1) is 6.99. The molecule has 15 heavy (non-hydrogen) atoms. The topological polar surface area (TPSA) is 74.8 Å². The average molecular weight is 229 g/mol. The highest BCUT2D eigenvalue weighted by Gasteiger charge is 2.28. The quantitative estimate of drug-likeness (QED) is 0.651. The normalized spacial score (nSPS) is 28.7. The molecule has 4 N–H and O–H groups in total. The van der Waals surface area contributed by atoms with Gasteiger partial charge in [-0.15, -0.1) is 0 Å². The number of nitrogens with two attached hydrogens (primary N) is 1. The van der Waals surface area contributed by atoms with Crippen molar-refractivity contribution in [3.05, 3.63) is 0 Å². The number of aliphatic imine (C=N–C) groups is 2. The van der Waals surface area contributed by atoms with Gasteiger partial charge in [0.15, 0.2) is 11.0 Å². The van der Waals surface area contributed by atoms with Crippen LogP contribution in [0.4, 0.5) is 0 Å². The Morgan fingerprint density at radius 3 is 2.73 bits per heavy atom. The van der Waals surface area contributed by atoms with Crippen LogP contribution in [0, 0.1) is 0 Å². The summed E-state index contributed by atoms with van der Waals surface area (Å²) in [5, 5.41) is 6.99. The minimum atomic E-state index is -0.725. The smallest absolute Gasteiger partial charge is 0.200 e. The van der Waals surface area contributed by atoms with Crippen LogP contribution in [0.25, 0.3) is 0 Å². The Balaban J connectivity index is 2.89. The highest BCUT2D eigenvalue weighted by atomic mass is 32.2. The van der Waals surface area contributed by atoms with E-state index < -0.39 is 5.79 Å². The maximum absolute atomic E-state index is 6.06. The summed E-state index contributed by atoms with van der Waals surface area (Å²) in [5.74, 6) is -0.0224. The van der Waals surface area contributed by atoms with Crippen LogP contribution in [-0.4, -0.2) is 29.2 Å². The molecule has 6 heteroatoms. The van der Waals surface area contributed by atoms with Crippen LogP contribution in [0.3, 0.4) is 0 Å². The van der Waals surface area contributed by atoms with Crippen LogP contribution in [0.15, 0.2) is 9.98 Å². The van der Waals surface area contributed by atoms with E-state index >= 15 is 0 Å². The zero-order valence-corrected chi connectivity index (χ0v) is 10.5. The largest absolute Gasteiger partial charge is 0.319 e. The fraction of sp³-hybridized carbons (Fsp3) is 0.778. The fourth-order valence-corrected chi connectivity index (χ4v) is 1.61. The van der Waals surface area contributed by atoms with Crippen molar-refractivity contribution in [2.45, 2.75) is 39.0 Å². The molecule has 1 aliphatic rings.